The van der Waals surface area contributed by atoms with Crippen LogP contribution < -0.4 is 15.4 Å². The molecule has 0 spiro atoms. The van der Waals surface area contributed by atoms with Crippen molar-refractivity contribution in [1.82, 2.24) is 10.6 Å². The van der Waals surface area contributed by atoms with Crippen LogP contribution in [0.1, 0.15) is 18.4 Å². The van der Waals surface area contributed by atoms with E-state index in [0.29, 0.717) is 22.8 Å². The van der Waals surface area contributed by atoms with Crippen molar-refractivity contribution in [3.63, 3.8) is 0 Å². The van der Waals surface area contributed by atoms with Crippen molar-refractivity contribution in [2.75, 3.05) is 25.2 Å². The summed E-state index contributed by atoms with van der Waals surface area (Å²) < 4.78 is 27.9. The number of ether oxygens (including phenoxy) is 1. The number of halogens is 1. The number of rotatable bonds is 7. The molecule has 1 saturated heterocycles. The third kappa shape index (κ3) is 6.21. The predicted molar refractivity (Wildman–Crippen MR) is 94.5 cm³/mol. The molecule has 1 atom stereocenters. The second-order valence-corrected chi connectivity index (χ2v) is 8.57. The van der Waals surface area contributed by atoms with Gasteiger partial charge in [0.05, 0.1) is 25.0 Å². The number of sulfone groups is 1. The Hall–Kier alpha value is -1.80. The van der Waals surface area contributed by atoms with Crippen LogP contribution in [0.4, 0.5) is 0 Å². The van der Waals surface area contributed by atoms with E-state index in [0.717, 1.165) is 0 Å². The maximum absolute atomic E-state index is 12.0. The Morgan fingerprint density at radius 2 is 2.08 bits per heavy atom. The van der Waals surface area contributed by atoms with Crippen LogP contribution >= 0.6 is 11.6 Å². The van der Waals surface area contributed by atoms with Crippen molar-refractivity contribution in [2.24, 2.45) is 0 Å². The average Bonchev–Trinajstić information content (AvgIpc) is 2.86. The molecule has 1 aliphatic heterocycles. The molecule has 138 valence electrons. The van der Waals surface area contributed by atoms with E-state index >= 15 is 0 Å². The highest BCUT2D eigenvalue weighted by Crippen LogP contribution is 2.22. The molecule has 2 amide bonds. The lowest BCUT2D eigenvalue weighted by atomic mass is 10.1. The summed E-state index contributed by atoms with van der Waals surface area (Å²) in [6.07, 6.45) is 0.621. The standard InChI is InChI=1S/C16H21ClN2O5S/c1-24-14-3-2-12(17)8-11(14)9-16(21)18-6-4-15(20)19-13-5-7-25(22,23)10-13/h2-3,8,13H,4-7,9-10H2,1H3,(H,18,21)(H,19,20)/t13-/m1/s1. The van der Waals surface area contributed by atoms with E-state index in [1.807, 2.05) is 0 Å². The van der Waals surface area contributed by atoms with Crippen molar-refractivity contribution in [2.45, 2.75) is 25.3 Å². The SMILES string of the molecule is COc1ccc(Cl)cc1CC(=O)NCCC(=O)N[C@@H]1CCS(=O)(=O)C1. The fourth-order valence-electron chi connectivity index (χ4n) is 2.64. The molecule has 2 N–H and O–H groups in total. The van der Waals surface area contributed by atoms with E-state index in [2.05, 4.69) is 10.6 Å². The van der Waals surface area contributed by atoms with Crippen LogP contribution in [0, 0.1) is 0 Å². The molecular weight excluding hydrogens is 368 g/mol. The molecule has 1 aromatic rings. The summed E-state index contributed by atoms with van der Waals surface area (Å²) in [5, 5.41) is 5.84. The fourth-order valence-corrected chi connectivity index (χ4v) is 4.51. The Bertz CT molecular complexity index is 751. The largest absolute Gasteiger partial charge is 0.496 e. The molecule has 0 aliphatic carbocycles. The van der Waals surface area contributed by atoms with Crippen LogP contribution in [0.15, 0.2) is 18.2 Å². The fraction of sp³-hybridized carbons (Fsp3) is 0.500. The highest BCUT2D eigenvalue weighted by atomic mass is 35.5. The molecule has 1 heterocycles. The van der Waals surface area contributed by atoms with Crippen LogP contribution in [0.3, 0.4) is 0 Å². The second-order valence-electron chi connectivity index (χ2n) is 5.90. The smallest absolute Gasteiger partial charge is 0.224 e. The van der Waals surface area contributed by atoms with Gasteiger partial charge in [0.15, 0.2) is 9.84 Å². The molecule has 0 bridgehead atoms. The van der Waals surface area contributed by atoms with Gasteiger partial charge in [0.1, 0.15) is 5.75 Å². The van der Waals surface area contributed by atoms with Crippen LogP contribution in [0.5, 0.6) is 5.75 Å². The van der Waals surface area contributed by atoms with Crippen molar-refractivity contribution in [3.8, 4) is 5.75 Å². The minimum absolute atomic E-state index is 0.0142. The van der Waals surface area contributed by atoms with Gasteiger partial charge in [0, 0.05) is 29.6 Å². The van der Waals surface area contributed by atoms with Crippen molar-refractivity contribution < 1.29 is 22.7 Å². The zero-order chi connectivity index (χ0) is 18.4. The molecule has 1 fully saturated rings. The molecule has 0 unspecified atom stereocenters. The average molecular weight is 389 g/mol. The summed E-state index contributed by atoms with van der Waals surface area (Å²) in [5.41, 5.74) is 0.660. The number of carbonyl (C=O) groups excluding carboxylic acids is 2. The summed E-state index contributed by atoms with van der Waals surface area (Å²) in [5.74, 6) is 0.134. The first kappa shape index (κ1) is 19.5. The summed E-state index contributed by atoms with van der Waals surface area (Å²) in [6.45, 7) is 0.174. The van der Waals surface area contributed by atoms with Crippen LogP contribution in [0.25, 0.3) is 0 Å². The first-order chi connectivity index (χ1) is 11.8. The van der Waals surface area contributed by atoms with E-state index in [9.17, 15) is 18.0 Å². The topological polar surface area (TPSA) is 102 Å². The summed E-state index contributed by atoms with van der Waals surface area (Å²) in [7, 11) is -1.51. The third-order valence-corrected chi connectivity index (χ3v) is 5.87. The lowest BCUT2D eigenvalue weighted by molar-refractivity contribution is -0.122. The second kappa shape index (κ2) is 8.53. The molecule has 1 aromatic carbocycles. The zero-order valence-electron chi connectivity index (χ0n) is 13.9. The Balaban J connectivity index is 1.73. The van der Waals surface area contributed by atoms with Gasteiger partial charge in [0.2, 0.25) is 11.8 Å². The molecule has 7 nitrogen and oxygen atoms in total. The van der Waals surface area contributed by atoms with Gasteiger partial charge in [-0.3, -0.25) is 9.59 Å². The molecule has 0 aromatic heterocycles. The van der Waals surface area contributed by atoms with Crippen molar-refractivity contribution in [3.05, 3.63) is 28.8 Å². The molecule has 9 heteroatoms. The molecule has 25 heavy (non-hydrogen) atoms. The summed E-state index contributed by atoms with van der Waals surface area (Å²) in [6, 6.07) is 4.69. The Kier molecular flexibility index (Phi) is 6.66. The molecule has 0 radical (unpaired) electrons. The minimum atomic E-state index is -3.03. The molecule has 2 rings (SSSR count). The van der Waals surface area contributed by atoms with Gasteiger partial charge >= 0.3 is 0 Å². The first-order valence-corrected chi connectivity index (χ1v) is 10.1. The molecule has 1 aliphatic rings. The number of carbonyl (C=O) groups is 2. The Morgan fingerprint density at radius 3 is 2.72 bits per heavy atom. The van der Waals surface area contributed by atoms with Gasteiger partial charge in [0.25, 0.3) is 0 Å². The molecular formula is C16H21ClN2O5S. The Labute approximate surface area is 152 Å². The van der Waals surface area contributed by atoms with Gasteiger partial charge in [-0.15, -0.1) is 0 Å². The number of methoxy groups -OCH3 is 1. The van der Waals surface area contributed by atoms with E-state index in [-0.39, 0.29) is 48.7 Å². The van der Waals surface area contributed by atoms with Crippen molar-refractivity contribution in [1.29, 1.82) is 0 Å². The maximum Gasteiger partial charge on any atom is 0.224 e. The van der Waals surface area contributed by atoms with E-state index in [4.69, 9.17) is 16.3 Å². The van der Waals surface area contributed by atoms with Gasteiger partial charge in [-0.05, 0) is 24.6 Å². The van der Waals surface area contributed by atoms with Gasteiger partial charge in [-0.2, -0.15) is 0 Å². The summed E-state index contributed by atoms with van der Waals surface area (Å²) in [4.78, 5) is 23.8. The van der Waals surface area contributed by atoms with Gasteiger partial charge in [-0.1, -0.05) is 11.6 Å². The number of nitrogens with one attached hydrogen (secondary N) is 2. The predicted octanol–water partition coefficient (Wildman–Crippen LogP) is 0.701. The zero-order valence-corrected chi connectivity index (χ0v) is 15.5. The summed E-state index contributed by atoms with van der Waals surface area (Å²) >= 11 is 5.92. The highest BCUT2D eigenvalue weighted by molar-refractivity contribution is 7.91. The van der Waals surface area contributed by atoms with Crippen molar-refractivity contribution >= 4 is 33.3 Å². The van der Waals surface area contributed by atoms with Crippen LogP contribution in [-0.4, -0.2) is 51.4 Å². The van der Waals surface area contributed by atoms with E-state index in [1.54, 1.807) is 18.2 Å². The lowest BCUT2D eigenvalue weighted by Gasteiger charge is -2.12. The first-order valence-electron chi connectivity index (χ1n) is 7.88. The van der Waals surface area contributed by atoms with Gasteiger partial charge < -0.3 is 15.4 Å². The Morgan fingerprint density at radius 1 is 1.32 bits per heavy atom. The number of amides is 2. The normalized spacial score (nSPS) is 18.6. The third-order valence-electron chi connectivity index (χ3n) is 3.87. The maximum atomic E-state index is 12.0. The number of hydrogen-bond acceptors (Lipinski definition) is 5. The monoisotopic (exact) mass is 388 g/mol. The minimum Gasteiger partial charge on any atom is -0.496 e. The number of hydrogen-bond donors (Lipinski definition) is 2. The molecule has 0 saturated carbocycles. The van der Waals surface area contributed by atoms with E-state index in [1.165, 1.54) is 7.11 Å². The van der Waals surface area contributed by atoms with E-state index < -0.39 is 9.84 Å². The number of benzene rings is 1. The quantitative estimate of drug-likeness (QED) is 0.716. The van der Waals surface area contributed by atoms with Crippen LogP contribution in [0.2, 0.25) is 5.02 Å². The lowest BCUT2D eigenvalue weighted by Crippen LogP contribution is -2.38. The van der Waals surface area contributed by atoms with Gasteiger partial charge in [-0.25, -0.2) is 8.42 Å². The van der Waals surface area contributed by atoms with Crippen LogP contribution in [-0.2, 0) is 25.8 Å². The highest BCUT2D eigenvalue weighted by Gasteiger charge is 2.28.